The monoisotopic (exact) mass is 344 g/mol. The van der Waals surface area contributed by atoms with Crippen LogP contribution in [0.4, 0.5) is 10.1 Å². The van der Waals surface area contributed by atoms with Crippen LogP contribution in [-0.4, -0.2) is 21.7 Å². The van der Waals surface area contributed by atoms with Crippen molar-refractivity contribution in [2.75, 3.05) is 11.9 Å². The van der Waals surface area contributed by atoms with Crippen LogP contribution in [0.5, 0.6) is 0 Å². The molecule has 0 unspecified atom stereocenters. The summed E-state index contributed by atoms with van der Waals surface area (Å²) in [6.07, 6.45) is 1.79. The Kier molecular flexibility index (Phi) is 4.43. The standard InChI is InChI=1S/C11H10BrFN4OS/c12-9-6(11(14)19)1-2-7(10(9)13)15-4-3-8-16-5-18-17-8/h1-2,5,15H,3-4H2,(H2,14,19). The lowest BCUT2D eigenvalue weighted by molar-refractivity contribution is 0.410. The van der Waals surface area contributed by atoms with E-state index in [1.54, 1.807) is 12.1 Å². The first-order valence-corrected chi connectivity index (χ1v) is 6.56. The number of hydrogen-bond acceptors (Lipinski definition) is 5. The summed E-state index contributed by atoms with van der Waals surface area (Å²) in [6, 6.07) is 3.25. The topological polar surface area (TPSA) is 77.0 Å². The number of thiocarbonyl (C=S) groups is 1. The third-order valence-electron chi connectivity index (χ3n) is 2.42. The van der Waals surface area contributed by atoms with Gasteiger partial charge in [0.1, 0.15) is 4.99 Å². The van der Waals surface area contributed by atoms with Crippen molar-refractivity contribution in [3.05, 3.63) is 40.2 Å². The predicted molar refractivity (Wildman–Crippen MR) is 76.5 cm³/mol. The van der Waals surface area contributed by atoms with Crippen molar-refractivity contribution in [3.63, 3.8) is 0 Å². The maximum absolute atomic E-state index is 14.0. The van der Waals surface area contributed by atoms with E-state index in [0.29, 0.717) is 30.0 Å². The highest BCUT2D eigenvalue weighted by Gasteiger charge is 2.12. The molecule has 0 radical (unpaired) electrons. The lowest BCUT2D eigenvalue weighted by atomic mass is 10.2. The number of benzene rings is 1. The predicted octanol–water partition coefficient (Wildman–Crippen LogP) is 2.26. The molecule has 0 saturated heterocycles. The Labute approximate surface area is 122 Å². The van der Waals surface area contributed by atoms with Crippen molar-refractivity contribution in [2.45, 2.75) is 6.42 Å². The number of nitrogens with zero attached hydrogens (tertiary/aromatic N) is 2. The molecule has 0 aliphatic heterocycles. The summed E-state index contributed by atoms with van der Waals surface area (Å²) >= 11 is 7.97. The molecule has 5 nitrogen and oxygen atoms in total. The van der Waals surface area contributed by atoms with Crippen molar-refractivity contribution in [2.24, 2.45) is 5.73 Å². The minimum atomic E-state index is -0.432. The van der Waals surface area contributed by atoms with Crippen molar-refractivity contribution in [1.82, 2.24) is 10.1 Å². The lowest BCUT2D eigenvalue weighted by Crippen LogP contribution is -2.13. The molecule has 0 spiro atoms. The summed E-state index contributed by atoms with van der Waals surface area (Å²) in [5.41, 5.74) is 6.31. The Hall–Kier alpha value is -1.54. The molecule has 3 N–H and O–H groups in total. The fraction of sp³-hybridized carbons (Fsp3) is 0.182. The highest BCUT2D eigenvalue weighted by Crippen LogP contribution is 2.27. The number of hydrogen-bond donors (Lipinski definition) is 2. The third-order valence-corrected chi connectivity index (χ3v) is 3.41. The van der Waals surface area contributed by atoms with Gasteiger partial charge >= 0.3 is 0 Å². The van der Waals surface area contributed by atoms with E-state index in [1.165, 1.54) is 6.39 Å². The minimum absolute atomic E-state index is 0.143. The number of rotatable bonds is 5. The molecule has 2 aromatic rings. The van der Waals surface area contributed by atoms with Gasteiger partial charge in [-0.05, 0) is 28.1 Å². The van der Waals surface area contributed by atoms with E-state index < -0.39 is 5.82 Å². The third kappa shape index (κ3) is 3.27. The Balaban J connectivity index is 2.05. The highest BCUT2D eigenvalue weighted by molar-refractivity contribution is 9.10. The van der Waals surface area contributed by atoms with Crippen molar-refractivity contribution < 1.29 is 8.91 Å². The zero-order valence-electron chi connectivity index (χ0n) is 9.69. The van der Waals surface area contributed by atoms with Gasteiger partial charge in [0.25, 0.3) is 0 Å². The zero-order valence-corrected chi connectivity index (χ0v) is 12.1. The summed E-state index contributed by atoms with van der Waals surface area (Å²) in [5.74, 6) is 0.130. The zero-order chi connectivity index (χ0) is 13.8. The Morgan fingerprint density at radius 2 is 2.32 bits per heavy atom. The largest absolute Gasteiger partial charge is 0.389 e. The average Bonchev–Trinajstić information content (AvgIpc) is 2.87. The van der Waals surface area contributed by atoms with Crippen molar-refractivity contribution in [1.29, 1.82) is 0 Å². The van der Waals surface area contributed by atoms with Crippen molar-refractivity contribution in [3.8, 4) is 0 Å². The summed E-state index contributed by atoms with van der Waals surface area (Å²) < 4.78 is 18.9. The number of aromatic nitrogens is 2. The molecule has 0 saturated carbocycles. The molecule has 0 amide bonds. The Morgan fingerprint density at radius 3 is 2.95 bits per heavy atom. The molecule has 1 aromatic heterocycles. The number of anilines is 1. The van der Waals surface area contributed by atoms with E-state index in [0.717, 1.165) is 0 Å². The van der Waals surface area contributed by atoms with Gasteiger partial charge in [0.15, 0.2) is 11.6 Å². The summed E-state index contributed by atoms with van der Waals surface area (Å²) in [5, 5.41) is 6.61. The number of nitrogens with one attached hydrogen (secondary N) is 1. The van der Waals surface area contributed by atoms with Crippen LogP contribution in [0.1, 0.15) is 11.4 Å². The van der Waals surface area contributed by atoms with Gasteiger partial charge in [-0.15, -0.1) is 0 Å². The van der Waals surface area contributed by atoms with E-state index in [2.05, 4.69) is 35.9 Å². The van der Waals surface area contributed by atoms with E-state index in [1.807, 2.05) is 0 Å². The second kappa shape index (κ2) is 6.07. The molecule has 0 bridgehead atoms. The fourth-order valence-corrected chi connectivity index (χ4v) is 2.35. The van der Waals surface area contributed by atoms with Gasteiger partial charge < -0.3 is 15.6 Å². The van der Waals surface area contributed by atoms with Crippen LogP contribution in [0, 0.1) is 5.82 Å². The highest BCUT2D eigenvalue weighted by atomic mass is 79.9. The minimum Gasteiger partial charge on any atom is -0.389 e. The van der Waals surface area contributed by atoms with Gasteiger partial charge in [-0.1, -0.05) is 17.4 Å². The molecule has 8 heteroatoms. The molecule has 0 atom stereocenters. The van der Waals surface area contributed by atoms with Gasteiger partial charge in [0, 0.05) is 18.5 Å². The van der Waals surface area contributed by atoms with E-state index in [4.69, 9.17) is 18.0 Å². The van der Waals surface area contributed by atoms with Crippen molar-refractivity contribution >= 4 is 38.8 Å². The van der Waals surface area contributed by atoms with Gasteiger partial charge in [0.05, 0.1) is 10.2 Å². The molecule has 0 aliphatic rings. The van der Waals surface area contributed by atoms with E-state index >= 15 is 0 Å². The molecule has 1 heterocycles. The SMILES string of the molecule is NC(=S)c1ccc(NCCc2ncon2)c(F)c1Br. The number of halogens is 2. The van der Waals surface area contributed by atoms with E-state index in [9.17, 15) is 4.39 Å². The molecule has 0 aliphatic carbocycles. The molecule has 1 aromatic carbocycles. The maximum Gasteiger partial charge on any atom is 0.213 e. The van der Waals surface area contributed by atoms with Crippen LogP contribution in [0.25, 0.3) is 0 Å². The first kappa shape index (κ1) is 13.9. The average molecular weight is 345 g/mol. The van der Waals surface area contributed by atoms with Crippen LogP contribution in [0.2, 0.25) is 0 Å². The Bertz CT molecular complexity index is 591. The van der Waals surface area contributed by atoms with Gasteiger partial charge in [0.2, 0.25) is 6.39 Å². The maximum atomic E-state index is 14.0. The molecular weight excluding hydrogens is 335 g/mol. The normalized spacial score (nSPS) is 10.4. The molecule has 2 rings (SSSR count). The quantitative estimate of drug-likeness (QED) is 0.810. The van der Waals surface area contributed by atoms with Crippen LogP contribution < -0.4 is 11.1 Å². The molecular formula is C11H10BrFN4OS. The molecule has 19 heavy (non-hydrogen) atoms. The van der Waals surface area contributed by atoms with Crippen LogP contribution >= 0.6 is 28.1 Å². The van der Waals surface area contributed by atoms with Gasteiger partial charge in [-0.2, -0.15) is 4.98 Å². The Morgan fingerprint density at radius 1 is 1.53 bits per heavy atom. The van der Waals surface area contributed by atoms with Crippen LogP contribution in [0.15, 0.2) is 27.5 Å². The fourth-order valence-electron chi connectivity index (χ4n) is 1.49. The van der Waals surface area contributed by atoms with E-state index in [-0.39, 0.29) is 9.46 Å². The smallest absolute Gasteiger partial charge is 0.213 e. The second-order valence-corrected chi connectivity index (χ2v) is 4.91. The number of nitrogens with two attached hydrogens (primary N) is 1. The summed E-state index contributed by atoms with van der Waals surface area (Å²) in [6.45, 7) is 0.481. The lowest BCUT2D eigenvalue weighted by Gasteiger charge is -2.10. The van der Waals surface area contributed by atoms with Gasteiger partial charge in [-0.25, -0.2) is 4.39 Å². The molecule has 0 fully saturated rings. The molecule has 100 valence electrons. The summed E-state index contributed by atoms with van der Waals surface area (Å²) in [4.78, 5) is 4.01. The van der Waals surface area contributed by atoms with Crippen LogP contribution in [-0.2, 0) is 6.42 Å². The van der Waals surface area contributed by atoms with Gasteiger partial charge in [-0.3, -0.25) is 0 Å². The van der Waals surface area contributed by atoms with Crippen LogP contribution in [0.3, 0.4) is 0 Å². The second-order valence-electron chi connectivity index (χ2n) is 3.68. The summed E-state index contributed by atoms with van der Waals surface area (Å²) in [7, 11) is 0. The first-order chi connectivity index (χ1) is 9.09. The first-order valence-electron chi connectivity index (χ1n) is 5.36.